The zero-order valence-corrected chi connectivity index (χ0v) is 18.1. The largest absolute Gasteiger partial charge is 0.504 e. The van der Waals surface area contributed by atoms with Crippen molar-refractivity contribution >= 4 is 23.2 Å². The van der Waals surface area contributed by atoms with Crippen LogP contribution in [0.15, 0.2) is 54.6 Å². The summed E-state index contributed by atoms with van der Waals surface area (Å²) in [5, 5.41) is 33.9. The van der Waals surface area contributed by atoms with E-state index in [2.05, 4.69) is 10.6 Å². The molecule has 5 N–H and O–H groups in total. The lowest BCUT2D eigenvalue weighted by atomic mass is 10.0. The Morgan fingerprint density at radius 3 is 1.70 bits per heavy atom. The van der Waals surface area contributed by atoms with Gasteiger partial charge in [0.05, 0.1) is 13.2 Å². The Hall–Kier alpha value is -4.08. The average molecular weight is 452 g/mol. The van der Waals surface area contributed by atoms with Crippen molar-refractivity contribution in [2.24, 2.45) is 0 Å². The standard InChI is InChI=1S/C24H24N2O7/c1-32-12-15-4-3-14(9-17(15)13-33-2)23(30)25-18-5-7-19(8-6-18)26-24(31)16-10-20(27)22(29)21(28)11-16/h3-11,27-29H,12-13H2,1-2H3,(H,25,30)(H,26,31). The van der Waals surface area contributed by atoms with Crippen LogP contribution in [0.4, 0.5) is 11.4 Å². The maximum atomic E-state index is 12.7. The van der Waals surface area contributed by atoms with Gasteiger partial charge in [0.1, 0.15) is 0 Å². The number of hydrogen-bond acceptors (Lipinski definition) is 7. The van der Waals surface area contributed by atoms with Gasteiger partial charge in [-0.25, -0.2) is 0 Å². The summed E-state index contributed by atoms with van der Waals surface area (Å²) in [5.74, 6) is -2.82. The normalized spacial score (nSPS) is 10.6. The van der Waals surface area contributed by atoms with Gasteiger partial charge in [-0.05, 0) is 59.7 Å². The third-order valence-electron chi connectivity index (χ3n) is 4.80. The van der Waals surface area contributed by atoms with Crippen LogP contribution >= 0.6 is 0 Å². The molecule has 0 aliphatic rings. The summed E-state index contributed by atoms with van der Waals surface area (Å²) >= 11 is 0. The lowest BCUT2D eigenvalue weighted by Gasteiger charge is -2.12. The van der Waals surface area contributed by atoms with Crippen LogP contribution in [0.2, 0.25) is 0 Å². The first-order valence-corrected chi connectivity index (χ1v) is 9.89. The minimum atomic E-state index is -0.700. The van der Waals surface area contributed by atoms with Crippen LogP contribution in [0, 0.1) is 0 Å². The zero-order chi connectivity index (χ0) is 24.0. The van der Waals surface area contributed by atoms with E-state index in [9.17, 15) is 24.9 Å². The number of benzene rings is 3. The monoisotopic (exact) mass is 452 g/mol. The summed E-state index contributed by atoms with van der Waals surface area (Å²) in [6.45, 7) is 0.766. The quantitative estimate of drug-likeness (QED) is 0.329. The predicted octanol–water partition coefficient (Wildman–Crippen LogP) is 3.60. The minimum Gasteiger partial charge on any atom is -0.504 e. The van der Waals surface area contributed by atoms with E-state index in [1.807, 2.05) is 6.07 Å². The Labute approximate surface area is 190 Å². The summed E-state index contributed by atoms with van der Waals surface area (Å²) in [6, 6.07) is 13.8. The number of hydrogen-bond donors (Lipinski definition) is 5. The van der Waals surface area contributed by atoms with Gasteiger partial charge in [-0.15, -0.1) is 0 Å². The van der Waals surface area contributed by atoms with Crippen LogP contribution in [-0.2, 0) is 22.7 Å². The number of rotatable bonds is 8. The van der Waals surface area contributed by atoms with Gasteiger partial charge in [0, 0.05) is 36.7 Å². The van der Waals surface area contributed by atoms with Gasteiger partial charge in [-0.3, -0.25) is 9.59 Å². The Bertz CT molecular complexity index is 1140. The van der Waals surface area contributed by atoms with Crippen LogP contribution in [0.1, 0.15) is 31.8 Å². The molecule has 3 aromatic rings. The van der Waals surface area contributed by atoms with Crippen molar-refractivity contribution in [1.29, 1.82) is 0 Å². The van der Waals surface area contributed by atoms with Gasteiger partial charge >= 0.3 is 0 Å². The van der Waals surface area contributed by atoms with Crippen LogP contribution in [-0.4, -0.2) is 41.4 Å². The van der Waals surface area contributed by atoms with Crippen molar-refractivity contribution in [2.75, 3.05) is 24.9 Å². The number of carbonyl (C=O) groups is 2. The van der Waals surface area contributed by atoms with Crippen LogP contribution in [0.3, 0.4) is 0 Å². The Morgan fingerprint density at radius 1 is 0.697 bits per heavy atom. The van der Waals surface area contributed by atoms with E-state index in [0.717, 1.165) is 23.3 Å². The maximum Gasteiger partial charge on any atom is 0.255 e. The van der Waals surface area contributed by atoms with Crippen LogP contribution < -0.4 is 10.6 Å². The molecular weight excluding hydrogens is 428 g/mol. The van der Waals surface area contributed by atoms with Crippen molar-refractivity contribution in [3.8, 4) is 17.2 Å². The van der Waals surface area contributed by atoms with Gasteiger partial charge in [-0.1, -0.05) is 6.07 Å². The SMILES string of the molecule is COCc1ccc(C(=O)Nc2ccc(NC(=O)c3cc(O)c(O)c(O)c3)cc2)cc1COC. The number of nitrogens with one attached hydrogen (secondary N) is 2. The van der Waals surface area contributed by atoms with Crippen molar-refractivity contribution in [1.82, 2.24) is 0 Å². The Kier molecular flexibility index (Phi) is 7.50. The van der Waals surface area contributed by atoms with Crippen molar-refractivity contribution in [3.05, 3.63) is 76.9 Å². The number of phenolic OH excluding ortho intramolecular Hbond substituents is 3. The Morgan fingerprint density at radius 2 is 1.18 bits per heavy atom. The topological polar surface area (TPSA) is 137 Å². The fraction of sp³-hybridized carbons (Fsp3) is 0.167. The van der Waals surface area contributed by atoms with Crippen LogP contribution in [0.5, 0.6) is 17.2 Å². The summed E-state index contributed by atoms with van der Waals surface area (Å²) < 4.78 is 10.4. The number of amides is 2. The zero-order valence-electron chi connectivity index (χ0n) is 18.1. The van der Waals surface area contributed by atoms with Crippen molar-refractivity contribution < 1.29 is 34.4 Å². The molecule has 0 fully saturated rings. The lowest BCUT2D eigenvalue weighted by molar-refractivity contribution is 0.101. The van der Waals surface area contributed by atoms with E-state index < -0.39 is 23.2 Å². The number of ether oxygens (including phenoxy) is 2. The van der Waals surface area contributed by atoms with E-state index in [1.54, 1.807) is 50.6 Å². The molecule has 0 heterocycles. The predicted molar refractivity (Wildman–Crippen MR) is 122 cm³/mol. The highest BCUT2D eigenvalue weighted by molar-refractivity contribution is 6.06. The van der Waals surface area contributed by atoms with Gasteiger partial charge in [0.15, 0.2) is 17.2 Å². The minimum absolute atomic E-state index is 0.0380. The molecule has 0 radical (unpaired) electrons. The molecule has 3 rings (SSSR count). The molecular formula is C24H24N2O7. The molecule has 0 aromatic heterocycles. The summed E-state index contributed by atoms with van der Waals surface area (Å²) in [7, 11) is 3.18. The first-order valence-electron chi connectivity index (χ1n) is 9.89. The van der Waals surface area contributed by atoms with E-state index in [1.165, 1.54) is 0 Å². The molecule has 0 saturated carbocycles. The van der Waals surface area contributed by atoms with Crippen molar-refractivity contribution in [3.63, 3.8) is 0 Å². The fourth-order valence-corrected chi connectivity index (χ4v) is 3.13. The highest BCUT2D eigenvalue weighted by Crippen LogP contribution is 2.35. The summed E-state index contributed by atoms with van der Waals surface area (Å²) in [5.41, 5.74) is 3.17. The van der Waals surface area contributed by atoms with E-state index in [-0.39, 0.29) is 11.5 Å². The van der Waals surface area contributed by atoms with Gasteiger partial charge < -0.3 is 35.4 Å². The van der Waals surface area contributed by atoms with Crippen molar-refractivity contribution in [2.45, 2.75) is 13.2 Å². The third-order valence-corrected chi connectivity index (χ3v) is 4.80. The number of phenols is 3. The summed E-state index contributed by atoms with van der Waals surface area (Å²) in [4.78, 5) is 25.0. The molecule has 3 aromatic carbocycles. The average Bonchev–Trinajstić information content (AvgIpc) is 2.79. The summed E-state index contributed by atoms with van der Waals surface area (Å²) in [6.07, 6.45) is 0. The molecule has 0 saturated heterocycles. The van der Waals surface area contributed by atoms with E-state index in [0.29, 0.717) is 30.2 Å². The third kappa shape index (κ3) is 5.79. The second-order valence-corrected chi connectivity index (χ2v) is 7.20. The second kappa shape index (κ2) is 10.5. The molecule has 0 atom stereocenters. The highest BCUT2D eigenvalue weighted by Gasteiger charge is 2.14. The molecule has 9 heteroatoms. The molecule has 0 bridgehead atoms. The van der Waals surface area contributed by atoms with E-state index >= 15 is 0 Å². The first-order chi connectivity index (χ1) is 15.8. The molecule has 2 amide bonds. The molecule has 0 aliphatic carbocycles. The molecule has 172 valence electrons. The molecule has 9 nitrogen and oxygen atoms in total. The molecule has 0 aliphatic heterocycles. The number of methoxy groups -OCH3 is 2. The van der Waals surface area contributed by atoms with Gasteiger partial charge in [-0.2, -0.15) is 0 Å². The highest BCUT2D eigenvalue weighted by atomic mass is 16.5. The second-order valence-electron chi connectivity index (χ2n) is 7.20. The smallest absolute Gasteiger partial charge is 0.255 e. The number of carbonyl (C=O) groups excluding carboxylic acids is 2. The maximum absolute atomic E-state index is 12.7. The molecule has 0 unspecified atom stereocenters. The van der Waals surface area contributed by atoms with Crippen LogP contribution in [0.25, 0.3) is 0 Å². The Balaban J connectivity index is 1.67. The van der Waals surface area contributed by atoms with Gasteiger partial charge in [0.25, 0.3) is 11.8 Å². The van der Waals surface area contributed by atoms with E-state index in [4.69, 9.17) is 9.47 Å². The number of anilines is 2. The van der Waals surface area contributed by atoms with Gasteiger partial charge in [0.2, 0.25) is 0 Å². The lowest BCUT2D eigenvalue weighted by Crippen LogP contribution is -2.14. The number of aromatic hydroxyl groups is 3. The molecule has 33 heavy (non-hydrogen) atoms. The fourth-order valence-electron chi connectivity index (χ4n) is 3.13. The first kappa shape index (κ1) is 23.6. The molecule has 0 spiro atoms.